The fourth-order valence-electron chi connectivity index (χ4n) is 6.10. The van der Waals surface area contributed by atoms with E-state index in [0.29, 0.717) is 33.7 Å². The summed E-state index contributed by atoms with van der Waals surface area (Å²) in [6, 6.07) is 13.3. The van der Waals surface area contributed by atoms with Gasteiger partial charge >= 0.3 is 0 Å². The molecule has 2 unspecified atom stereocenters. The fourth-order valence-corrected chi connectivity index (χ4v) is 7.90. The first-order chi connectivity index (χ1) is 17.6. The summed E-state index contributed by atoms with van der Waals surface area (Å²) in [6.07, 6.45) is 1.44. The third-order valence-electron chi connectivity index (χ3n) is 7.14. The van der Waals surface area contributed by atoms with Crippen molar-refractivity contribution < 1.29 is 14.2 Å². The van der Waals surface area contributed by atoms with Crippen molar-refractivity contribution in [3.63, 3.8) is 0 Å². The van der Waals surface area contributed by atoms with E-state index in [2.05, 4.69) is 27.7 Å². The third-order valence-corrected chi connectivity index (χ3v) is 9.22. The summed E-state index contributed by atoms with van der Waals surface area (Å²) in [7, 11) is -2.34. The quantitative estimate of drug-likeness (QED) is 0.218. The first-order valence-electron chi connectivity index (χ1n) is 13.5. The molecule has 0 saturated carbocycles. The second kappa shape index (κ2) is 11.5. The van der Waals surface area contributed by atoms with Crippen molar-refractivity contribution >= 4 is 24.7 Å². The molecule has 0 aliphatic rings. The summed E-state index contributed by atoms with van der Waals surface area (Å²) < 4.78 is 13.9. The number of benzene rings is 3. The predicted octanol–water partition coefficient (Wildman–Crippen LogP) is 8.26. The van der Waals surface area contributed by atoms with Gasteiger partial charge in [0.1, 0.15) is 7.80 Å². The van der Waals surface area contributed by atoms with Crippen LogP contribution in [0, 0.1) is 52.9 Å². The second-order valence-electron chi connectivity index (χ2n) is 12.4. The summed E-state index contributed by atoms with van der Waals surface area (Å²) in [5.41, 5.74) is 7.62. The number of carbonyl (C=O) groups excluding carboxylic acids is 2. The largest absolute Gasteiger partial charge is 0.322 e. The Morgan fingerprint density at radius 3 is 1.63 bits per heavy atom. The predicted molar refractivity (Wildman–Crippen MR) is 161 cm³/mol. The molecule has 4 heteroatoms. The van der Waals surface area contributed by atoms with Gasteiger partial charge in [-0.1, -0.05) is 81.3 Å². The van der Waals surface area contributed by atoms with E-state index < -0.39 is 7.80 Å². The van der Waals surface area contributed by atoms with Gasteiger partial charge in [-0.2, -0.15) is 0 Å². The van der Waals surface area contributed by atoms with Gasteiger partial charge in [0.15, 0.2) is 11.6 Å². The van der Waals surface area contributed by atoms with Gasteiger partial charge in [-0.25, -0.2) is 0 Å². The Hall–Kier alpha value is -2.77. The first kappa shape index (κ1) is 29.8. The van der Waals surface area contributed by atoms with Gasteiger partial charge in [-0.05, 0) is 81.5 Å². The van der Waals surface area contributed by atoms with Crippen LogP contribution < -0.4 is 5.30 Å². The van der Waals surface area contributed by atoms with Crippen molar-refractivity contribution in [2.24, 2.45) is 11.3 Å². The molecule has 0 heterocycles. The van der Waals surface area contributed by atoms with Crippen molar-refractivity contribution in [1.29, 1.82) is 0 Å². The molecule has 0 radical (unpaired) electrons. The van der Waals surface area contributed by atoms with Gasteiger partial charge in [0, 0.05) is 33.7 Å². The van der Waals surface area contributed by atoms with Crippen LogP contribution in [0.25, 0.3) is 0 Å². The fraction of sp³-hybridized carbons (Fsp3) is 0.412. The highest BCUT2D eigenvalue weighted by Gasteiger charge is 2.29. The molecular formula is C34H43O3P. The third kappa shape index (κ3) is 6.62. The summed E-state index contributed by atoms with van der Waals surface area (Å²) in [4.78, 5) is 28.5. The zero-order chi connectivity index (χ0) is 28.5. The highest BCUT2D eigenvalue weighted by atomic mass is 31.1. The van der Waals surface area contributed by atoms with Gasteiger partial charge in [-0.3, -0.25) is 9.59 Å². The number of rotatable bonds is 8. The molecule has 3 aromatic rings. The van der Waals surface area contributed by atoms with Gasteiger partial charge in [0.25, 0.3) is 0 Å². The normalized spacial score (nSPS) is 13.3. The molecule has 0 aliphatic carbocycles. The van der Waals surface area contributed by atoms with Crippen molar-refractivity contribution in [3.8, 4) is 0 Å². The number of ketones is 2. The Kier molecular flexibility index (Phi) is 9.04. The van der Waals surface area contributed by atoms with E-state index in [1.165, 1.54) is 0 Å². The Labute approximate surface area is 229 Å². The lowest BCUT2D eigenvalue weighted by Crippen LogP contribution is -2.23. The first-order valence-corrected chi connectivity index (χ1v) is 15.1. The standard InChI is InChI=1S/C34H43O3P/c1-20-14-23(4)29(24(5)15-20)32(35)27-12-11-13-28(38(37)19-22(3)18-34(8,9)10)31(27)33(36)30-25(6)16-21(2)17-26(30)7/h11-17,22,38H,18-19H2,1-10H3. The maximum absolute atomic E-state index is 14.3. The van der Waals surface area contributed by atoms with E-state index in [9.17, 15) is 14.2 Å². The lowest BCUT2D eigenvalue weighted by molar-refractivity contribution is 0.100. The van der Waals surface area contributed by atoms with Crippen LogP contribution in [0.1, 0.15) is 99.3 Å². The maximum atomic E-state index is 14.3. The van der Waals surface area contributed by atoms with E-state index in [0.717, 1.165) is 39.8 Å². The average molecular weight is 531 g/mol. The van der Waals surface area contributed by atoms with Crippen LogP contribution in [0.2, 0.25) is 0 Å². The average Bonchev–Trinajstić information content (AvgIpc) is 2.75. The van der Waals surface area contributed by atoms with Gasteiger partial charge < -0.3 is 4.57 Å². The molecule has 0 fully saturated rings. The monoisotopic (exact) mass is 530 g/mol. The number of hydrogen-bond acceptors (Lipinski definition) is 3. The topological polar surface area (TPSA) is 51.2 Å². The van der Waals surface area contributed by atoms with E-state index in [-0.39, 0.29) is 22.9 Å². The Morgan fingerprint density at radius 2 is 1.18 bits per heavy atom. The van der Waals surface area contributed by atoms with Crippen molar-refractivity contribution in [2.75, 3.05) is 6.16 Å². The summed E-state index contributed by atoms with van der Waals surface area (Å²) in [5, 5.41) is 0.522. The Bertz CT molecular complexity index is 1380. The molecule has 0 aromatic heterocycles. The van der Waals surface area contributed by atoms with E-state index in [1.54, 1.807) is 18.2 Å². The van der Waals surface area contributed by atoms with Crippen LogP contribution in [0.15, 0.2) is 42.5 Å². The Morgan fingerprint density at radius 1 is 0.737 bits per heavy atom. The SMILES string of the molecule is Cc1cc(C)c(C(=O)c2cccc([PH](=O)CC(C)CC(C)(C)C)c2C(=O)c2c(C)cc(C)cc2C)c(C)c1. The lowest BCUT2D eigenvalue weighted by atomic mass is 9.86. The molecule has 3 rings (SSSR count). The maximum Gasteiger partial charge on any atom is 0.195 e. The minimum absolute atomic E-state index is 0.120. The van der Waals surface area contributed by atoms with E-state index in [1.807, 2.05) is 65.8 Å². The number of hydrogen-bond donors (Lipinski definition) is 0. The summed E-state index contributed by atoms with van der Waals surface area (Å²) >= 11 is 0. The van der Waals surface area contributed by atoms with E-state index in [4.69, 9.17) is 0 Å². The molecule has 0 saturated heterocycles. The van der Waals surface area contributed by atoms with Crippen LogP contribution >= 0.6 is 7.80 Å². The van der Waals surface area contributed by atoms with Crippen LogP contribution in [-0.2, 0) is 4.57 Å². The zero-order valence-corrected chi connectivity index (χ0v) is 25.8. The second-order valence-corrected chi connectivity index (χ2v) is 14.2. The molecule has 2 atom stereocenters. The van der Waals surface area contributed by atoms with Gasteiger partial charge in [0.05, 0.1) is 0 Å². The van der Waals surface area contributed by atoms with Crippen molar-refractivity contribution in [2.45, 2.75) is 75.7 Å². The molecule has 3 nitrogen and oxygen atoms in total. The minimum Gasteiger partial charge on any atom is -0.322 e. The molecule has 0 N–H and O–H groups in total. The lowest BCUT2D eigenvalue weighted by Gasteiger charge is -2.24. The molecule has 0 bridgehead atoms. The van der Waals surface area contributed by atoms with Crippen molar-refractivity contribution in [3.05, 3.63) is 98.1 Å². The number of carbonyl (C=O) groups is 2. The van der Waals surface area contributed by atoms with Gasteiger partial charge in [0.2, 0.25) is 0 Å². The molecule has 0 aliphatic heterocycles. The van der Waals surface area contributed by atoms with Crippen LogP contribution in [0.4, 0.5) is 0 Å². The molecule has 38 heavy (non-hydrogen) atoms. The summed E-state index contributed by atoms with van der Waals surface area (Å²) in [6.45, 7) is 20.4. The molecule has 202 valence electrons. The smallest absolute Gasteiger partial charge is 0.195 e. The highest BCUT2D eigenvalue weighted by Crippen LogP contribution is 2.34. The van der Waals surface area contributed by atoms with Gasteiger partial charge in [-0.15, -0.1) is 0 Å². The van der Waals surface area contributed by atoms with Crippen LogP contribution in [-0.4, -0.2) is 17.7 Å². The molecule has 3 aromatic carbocycles. The summed E-state index contributed by atoms with van der Waals surface area (Å²) in [5.74, 6) is -0.179. The van der Waals surface area contributed by atoms with E-state index >= 15 is 0 Å². The zero-order valence-electron chi connectivity index (χ0n) is 24.8. The highest BCUT2D eigenvalue weighted by molar-refractivity contribution is 7.53. The molecule has 0 spiro atoms. The minimum atomic E-state index is -2.34. The van der Waals surface area contributed by atoms with Crippen LogP contribution in [0.3, 0.4) is 0 Å². The van der Waals surface area contributed by atoms with Crippen molar-refractivity contribution in [1.82, 2.24) is 0 Å². The molecular weight excluding hydrogens is 487 g/mol. The van der Waals surface area contributed by atoms with Crippen LogP contribution in [0.5, 0.6) is 0 Å². The molecule has 0 amide bonds. The number of aryl methyl sites for hydroxylation is 6. The Balaban J connectivity index is 2.25.